The molecule has 0 aliphatic heterocycles. The topological polar surface area (TPSA) is 50.7 Å². The number of pyridine rings is 1. The summed E-state index contributed by atoms with van der Waals surface area (Å²) in [7, 11) is 0. The Kier molecular flexibility index (Phi) is 5.99. The average Bonchev–Trinajstić information content (AvgIpc) is 3.40. The smallest absolute Gasteiger partial charge is 0.162 e. The van der Waals surface area contributed by atoms with Crippen molar-refractivity contribution in [3.8, 4) is 33.1 Å². The minimum atomic E-state index is 0.701. The Hall–Kier alpha value is -3.83. The highest BCUT2D eigenvalue weighted by Crippen LogP contribution is 2.29. The van der Waals surface area contributed by atoms with Crippen LogP contribution in [-0.2, 0) is 6.42 Å². The third-order valence-electron chi connectivity index (χ3n) is 5.16. The summed E-state index contributed by atoms with van der Waals surface area (Å²) in [5.41, 5.74) is 5.21. The molecule has 5 aromatic rings. The molecule has 1 N–H and O–H groups in total. The number of rotatable bonds is 7. The number of benzene rings is 2. The lowest BCUT2D eigenvalue weighted by Gasteiger charge is -2.11. The van der Waals surface area contributed by atoms with Gasteiger partial charge in [0.1, 0.15) is 5.82 Å². The van der Waals surface area contributed by atoms with E-state index in [1.165, 1.54) is 10.4 Å². The van der Waals surface area contributed by atoms with E-state index in [0.717, 1.165) is 41.2 Å². The molecule has 0 amide bonds. The predicted octanol–water partition coefficient (Wildman–Crippen LogP) is 6.59. The summed E-state index contributed by atoms with van der Waals surface area (Å²) in [6.45, 7) is 0.794. The van der Waals surface area contributed by atoms with Gasteiger partial charge in [0.15, 0.2) is 5.82 Å². The Bertz CT molecular complexity index is 1290. The average molecular weight is 435 g/mol. The van der Waals surface area contributed by atoms with E-state index in [-0.39, 0.29) is 0 Å². The summed E-state index contributed by atoms with van der Waals surface area (Å²) in [5.74, 6) is 1.51. The normalized spacial score (nSPS) is 10.8. The van der Waals surface area contributed by atoms with Crippen LogP contribution in [-0.4, -0.2) is 21.5 Å². The van der Waals surface area contributed by atoms with Crippen molar-refractivity contribution in [3.05, 3.63) is 108 Å². The van der Waals surface area contributed by atoms with Gasteiger partial charge < -0.3 is 5.32 Å². The van der Waals surface area contributed by atoms with Crippen LogP contribution in [0.4, 0.5) is 5.82 Å². The van der Waals surface area contributed by atoms with E-state index in [1.54, 1.807) is 11.3 Å². The van der Waals surface area contributed by atoms with E-state index in [2.05, 4.69) is 58.1 Å². The molecule has 4 nitrogen and oxygen atoms in total. The lowest BCUT2D eigenvalue weighted by atomic mass is 10.1. The molecule has 0 atom stereocenters. The number of aromatic nitrogens is 3. The maximum Gasteiger partial charge on any atom is 0.162 e. The Labute approximate surface area is 191 Å². The molecule has 0 saturated carbocycles. The quantitative estimate of drug-likeness (QED) is 0.314. The second-order valence-electron chi connectivity index (χ2n) is 7.43. The number of nitrogens with zero attached hydrogens (tertiary/aromatic N) is 3. The summed E-state index contributed by atoms with van der Waals surface area (Å²) < 4.78 is 0. The van der Waals surface area contributed by atoms with Crippen molar-refractivity contribution in [1.29, 1.82) is 0 Å². The van der Waals surface area contributed by atoms with Crippen LogP contribution in [0.3, 0.4) is 0 Å². The summed E-state index contributed by atoms with van der Waals surface area (Å²) in [6, 6.07) is 28.9. The number of anilines is 1. The number of hydrogen-bond acceptors (Lipinski definition) is 5. The molecule has 0 fully saturated rings. The molecule has 3 heterocycles. The van der Waals surface area contributed by atoms with Gasteiger partial charge in [-0.05, 0) is 29.5 Å². The fraction of sp³-hybridized carbons (Fsp3) is 0.0741. The number of thiophene rings is 1. The van der Waals surface area contributed by atoms with Crippen LogP contribution in [0.15, 0.2) is 103 Å². The first-order valence-electron chi connectivity index (χ1n) is 10.6. The molecule has 5 rings (SSSR count). The fourth-order valence-corrected chi connectivity index (χ4v) is 4.25. The van der Waals surface area contributed by atoms with Crippen molar-refractivity contribution < 1.29 is 0 Å². The molecule has 0 saturated heterocycles. The van der Waals surface area contributed by atoms with E-state index < -0.39 is 0 Å². The Balaban J connectivity index is 1.48. The Morgan fingerprint density at radius 3 is 2.28 bits per heavy atom. The monoisotopic (exact) mass is 434 g/mol. The van der Waals surface area contributed by atoms with Gasteiger partial charge >= 0.3 is 0 Å². The molecule has 2 aromatic carbocycles. The summed E-state index contributed by atoms with van der Waals surface area (Å²) in [4.78, 5) is 15.3. The maximum absolute atomic E-state index is 4.87. The first-order chi connectivity index (χ1) is 15.8. The van der Waals surface area contributed by atoms with Gasteiger partial charge in [0, 0.05) is 46.6 Å². The van der Waals surface area contributed by atoms with Crippen LogP contribution in [0.5, 0.6) is 0 Å². The van der Waals surface area contributed by atoms with E-state index in [9.17, 15) is 0 Å². The van der Waals surface area contributed by atoms with Gasteiger partial charge in [-0.3, -0.25) is 4.98 Å². The van der Waals surface area contributed by atoms with Crippen LogP contribution in [0.1, 0.15) is 5.56 Å². The molecule has 156 valence electrons. The second kappa shape index (κ2) is 9.54. The van der Waals surface area contributed by atoms with Crippen LogP contribution >= 0.6 is 11.3 Å². The van der Waals surface area contributed by atoms with E-state index >= 15 is 0 Å². The molecule has 32 heavy (non-hydrogen) atoms. The van der Waals surface area contributed by atoms with Gasteiger partial charge in [-0.2, -0.15) is 0 Å². The molecule has 0 aliphatic rings. The second-order valence-corrected chi connectivity index (χ2v) is 8.38. The summed E-state index contributed by atoms with van der Waals surface area (Å²) in [5, 5.41) is 5.56. The molecule has 0 radical (unpaired) electrons. The zero-order valence-electron chi connectivity index (χ0n) is 17.5. The standard InChI is InChI=1S/C27H22N4S/c1-3-8-20(9-4-1)13-14-29-26-17-24(30-27(31-26)21-10-5-2-6-11-21)22-16-23(19-28-18-22)25-12-7-15-32-25/h1-12,15-19H,13-14H2,(H,29,30,31). The molecular formula is C27H22N4S. The first-order valence-corrected chi connectivity index (χ1v) is 11.4. The predicted molar refractivity (Wildman–Crippen MR) is 133 cm³/mol. The van der Waals surface area contributed by atoms with Crippen molar-refractivity contribution in [2.75, 3.05) is 11.9 Å². The van der Waals surface area contributed by atoms with Gasteiger partial charge in [-0.15, -0.1) is 11.3 Å². The van der Waals surface area contributed by atoms with Crippen molar-refractivity contribution in [3.63, 3.8) is 0 Å². The highest BCUT2D eigenvalue weighted by atomic mass is 32.1. The van der Waals surface area contributed by atoms with Crippen LogP contribution in [0.2, 0.25) is 0 Å². The Morgan fingerprint density at radius 2 is 1.50 bits per heavy atom. The summed E-state index contributed by atoms with van der Waals surface area (Å²) in [6.07, 6.45) is 4.69. The molecule has 0 bridgehead atoms. The number of nitrogens with one attached hydrogen (secondary N) is 1. The van der Waals surface area contributed by atoms with Crippen molar-refractivity contribution in [2.24, 2.45) is 0 Å². The SMILES string of the molecule is c1ccc(CCNc2cc(-c3cncc(-c4cccs4)c3)nc(-c3ccccc3)n2)cc1. The van der Waals surface area contributed by atoms with Crippen LogP contribution in [0, 0.1) is 0 Å². The third kappa shape index (κ3) is 4.74. The minimum absolute atomic E-state index is 0.701. The molecule has 5 heteroatoms. The lowest BCUT2D eigenvalue weighted by Crippen LogP contribution is -2.08. The van der Waals surface area contributed by atoms with Crippen molar-refractivity contribution >= 4 is 17.2 Å². The van der Waals surface area contributed by atoms with Crippen molar-refractivity contribution in [1.82, 2.24) is 15.0 Å². The molecule has 0 spiro atoms. The van der Waals surface area contributed by atoms with E-state index in [1.807, 2.05) is 54.9 Å². The fourth-order valence-electron chi connectivity index (χ4n) is 3.54. The van der Waals surface area contributed by atoms with Gasteiger partial charge in [-0.1, -0.05) is 66.7 Å². The minimum Gasteiger partial charge on any atom is -0.370 e. The third-order valence-corrected chi connectivity index (χ3v) is 6.08. The lowest BCUT2D eigenvalue weighted by molar-refractivity contribution is 1.00. The number of hydrogen-bond donors (Lipinski definition) is 1. The molecule has 3 aromatic heterocycles. The van der Waals surface area contributed by atoms with Gasteiger partial charge in [-0.25, -0.2) is 9.97 Å². The largest absolute Gasteiger partial charge is 0.370 e. The summed E-state index contributed by atoms with van der Waals surface area (Å²) >= 11 is 1.71. The molecule has 0 aliphatic carbocycles. The highest BCUT2D eigenvalue weighted by Gasteiger charge is 2.10. The maximum atomic E-state index is 4.87. The first kappa shape index (κ1) is 20.1. The van der Waals surface area contributed by atoms with Crippen molar-refractivity contribution in [2.45, 2.75) is 6.42 Å². The van der Waals surface area contributed by atoms with Gasteiger partial charge in [0.05, 0.1) is 5.69 Å². The molecule has 0 unspecified atom stereocenters. The highest BCUT2D eigenvalue weighted by molar-refractivity contribution is 7.13. The van der Waals surface area contributed by atoms with E-state index in [4.69, 9.17) is 9.97 Å². The van der Waals surface area contributed by atoms with Crippen LogP contribution < -0.4 is 5.32 Å². The Morgan fingerprint density at radius 1 is 0.719 bits per heavy atom. The zero-order valence-corrected chi connectivity index (χ0v) is 18.3. The van der Waals surface area contributed by atoms with Gasteiger partial charge in [0.25, 0.3) is 0 Å². The van der Waals surface area contributed by atoms with Gasteiger partial charge in [0.2, 0.25) is 0 Å². The zero-order chi connectivity index (χ0) is 21.6. The molecular weight excluding hydrogens is 412 g/mol. The van der Waals surface area contributed by atoms with E-state index in [0.29, 0.717) is 5.82 Å². The van der Waals surface area contributed by atoms with Crippen LogP contribution in [0.25, 0.3) is 33.1 Å².